The third kappa shape index (κ3) is 0.925. The minimum Gasteiger partial charge on any atom is -0.507 e. The van der Waals surface area contributed by atoms with E-state index >= 15 is 0 Å². The Labute approximate surface area is 70.5 Å². The Kier molecular flexibility index (Phi) is 1.47. The van der Waals surface area contributed by atoms with Gasteiger partial charge in [-0.1, -0.05) is 12.1 Å². The van der Waals surface area contributed by atoms with Gasteiger partial charge in [0.05, 0.1) is 0 Å². The molecule has 2 rings (SSSR count). The van der Waals surface area contributed by atoms with Gasteiger partial charge in [0, 0.05) is 17.8 Å². The second-order valence-corrected chi connectivity index (χ2v) is 2.83. The van der Waals surface area contributed by atoms with E-state index in [0.717, 1.165) is 16.3 Å². The average Bonchev–Trinajstić information content (AvgIpc) is 2.12. The van der Waals surface area contributed by atoms with Gasteiger partial charge in [-0.05, 0) is 23.9 Å². The summed E-state index contributed by atoms with van der Waals surface area (Å²) >= 11 is 0. The van der Waals surface area contributed by atoms with Gasteiger partial charge >= 0.3 is 0 Å². The maximum Gasteiger partial charge on any atom is 0.127 e. The lowest BCUT2D eigenvalue weighted by Crippen LogP contribution is -1.79. The molecule has 1 aromatic carbocycles. The predicted octanol–water partition coefficient (Wildman–Crippen LogP) is 2.25. The highest BCUT2D eigenvalue weighted by atomic mass is 16.3. The number of phenolic OH excluding ortho intramolecular Hbond substituents is 1. The first-order chi connectivity index (χ1) is 5.79. The molecule has 0 bridgehead atoms. The Hall–Kier alpha value is -1.57. The van der Waals surface area contributed by atoms with Crippen LogP contribution in [0.25, 0.3) is 10.8 Å². The molecule has 0 aliphatic carbocycles. The summed E-state index contributed by atoms with van der Waals surface area (Å²) < 4.78 is 0. The van der Waals surface area contributed by atoms with Gasteiger partial charge < -0.3 is 5.11 Å². The number of fused-ring (bicyclic) bond motifs is 1. The second kappa shape index (κ2) is 2.48. The fraction of sp³-hybridized carbons (Fsp3) is 0.100. The summed E-state index contributed by atoms with van der Waals surface area (Å²) in [6.45, 7) is 1.88. The van der Waals surface area contributed by atoms with E-state index in [-0.39, 0.29) is 0 Å². The molecular formula is C10H9NO. The van der Waals surface area contributed by atoms with Crippen molar-refractivity contribution in [2.24, 2.45) is 0 Å². The number of aryl methyl sites for hydroxylation is 1. The lowest BCUT2D eigenvalue weighted by atomic mass is 10.1. The third-order valence-corrected chi connectivity index (χ3v) is 2.00. The van der Waals surface area contributed by atoms with Gasteiger partial charge in [-0.3, -0.25) is 4.98 Å². The van der Waals surface area contributed by atoms with Crippen LogP contribution in [0.2, 0.25) is 0 Å². The van der Waals surface area contributed by atoms with Crippen LogP contribution >= 0.6 is 0 Å². The zero-order valence-corrected chi connectivity index (χ0v) is 6.78. The van der Waals surface area contributed by atoms with Gasteiger partial charge in [0.2, 0.25) is 0 Å². The molecule has 2 aromatic rings. The van der Waals surface area contributed by atoms with Crippen molar-refractivity contribution in [3.05, 3.63) is 36.2 Å². The van der Waals surface area contributed by atoms with E-state index in [1.165, 1.54) is 0 Å². The Morgan fingerprint density at radius 1 is 1.25 bits per heavy atom. The molecular weight excluding hydrogens is 150 g/mol. The lowest BCUT2D eigenvalue weighted by molar-refractivity contribution is 0.477. The van der Waals surface area contributed by atoms with Gasteiger partial charge in [0.15, 0.2) is 0 Å². The second-order valence-electron chi connectivity index (χ2n) is 2.83. The summed E-state index contributed by atoms with van der Waals surface area (Å²) in [6.07, 6.45) is 3.40. The van der Waals surface area contributed by atoms with Gasteiger partial charge in [-0.25, -0.2) is 0 Å². The van der Waals surface area contributed by atoms with Crippen molar-refractivity contribution in [3.63, 3.8) is 0 Å². The topological polar surface area (TPSA) is 33.1 Å². The maximum atomic E-state index is 9.62. The Morgan fingerprint density at radius 2 is 2.08 bits per heavy atom. The summed E-state index contributed by atoms with van der Waals surface area (Å²) in [4.78, 5) is 3.95. The number of hydrogen-bond acceptors (Lipinski definition) is 2. The number of aromatic hydroxyl groups is 1. The monoisotopic (exact) mass is 159 g/mol. The summed E-state index contributed by atoms with van der Waals surface area (Å²) in [6, 6.07) is 5.76. The SMILES string of the molecule is Cc1ccc2ccncc2c1O. The van der Waals surface area contributed by atoms with Crippen LogP contribution in [0.3, 0.4) is 0 Å². The normalized spacial score (nSPS) is 10.4. The van der Waals surface area contributed by atoms with Crippen LogP contribution in [0.4, 0.5) is 0 Å². The molecule has 2 heteroatoms. The van der Waals surface area contributed by atoms with E-state index in [1.54, 1.807) is 12.4 Å². The van der Waals surface area contributed by atoms with Crippen molar-refractivity contribution >= 4 is 10.8 Å². The number of hydrogen-bond donors (Lipinski definition) is 1. The first-order valence-corrected chi connectivity index (χ1v) is 3.81. The molecule has 0 amide bonds. The molecule has 0 atom stereocenters. The van der Waals surface area contributed by atoms with E-state index in [4.69, 9.17) is 0 Å². The average molecular weight is 159 g/mol. The molecule has 0 saturated carbocycles. The fourth-order valence-electron chi connectivity index (χ4n) is 1.25. The van der Waals surface area contributed by atoms with Gasteiger partial charge in [-0.2, -0.15) is 0 Å². The largest absolute Gasteiger partial charge is 0.507 e. The highest BCUT2D eigenvalue weighted by molar-refractivity contribution is 5.88. The van der Waals surface area contributed by atoms with Crippen LogP contribution in [0, 0.1) is 6.92 Å². The zero-order valence-electron chi connectivity index (χ0n) is 6.78. The Morgan fingerprint density at radius 3 is 2.92 bits per heavy atom. The van der Waals surface area contributed by atoms with E-state index in [9.17, 15) is 5.11 Å². The molecule has 0 spiro atoms. The number of rotatable bonds is 0. The standard InChI is InChI=1S/C10H9NO/c1-7-2-3-8-4-5-11-6-9(8)10(7)12/h2-6,12H,1H3. The van der Waals surface area contributed by atoms with Crippen molar-refractivity contribution in [2.75, 3.05) is 0 Å². The van der Waals surface area contributed by atoms with Crippen molar-refractivity contribution < 1.29 is 5.11 Å². The van der Waals surface area contributed by atoms with Crippen molar-refractivity contribution in [2.45, 2.75) is 6.92 Å². The van der Waals surface area contributed by atoms with Crippen LogP contribution in [0.1, 0.15) is 5.56 Å². The lowest BCUT2D eigenvalue weighted by Gasteiger charge is -2.02. The molecule has 0 radical (unpaired) electrons. The molecule has 60 valence electrons. The number of phenols is 1. The molecule has 0 fully saturated rings. The fourth-order valence-corrected chi connectivity index (χ4v) is 1.25. The van der Waals surface area contributed by atoms with E-state index in [1.807, 2.05) is 25.1 Å². The maximum absolute atomic E-state index is 9.62. The number of aromatic nitrogens is 1. The number of benzene rings is 1. The minimum atomic E-state index is 0.334. The molecule has 0 saturated heterocycles. The predicted molar refractivity (Wildman–Crippen MR) is 48.1 cm³/mol. The Balaban J connectivity index is 2.91. The molecule has 2 nitrogen and oxygen atoms in total. The highest BCUT2D eigenvalue weighted by Gasteiger charge is 2.00. The van der Waals surface area contributed by atoms with Crippen LogP contribution in [-0.2, 0) is 0 Å². The highest BCUT2D eigenvalue weighted by Crippen LogP contribution is 2.26. The number of nitrogens with zero attached hydrogens (tertiary/aromatic N) is 1. The summed E-state index contributed by atoms with van der Waals surface area (Å²) in [5, 5.41) is 11.5. The van der Waals surface area contributed by atoms with Gasteiger partial charge in [0.1, 0.15) is 5.75 Å². The summed E-state index contributed by atoms with van der Waals surface area (Å²) in [5.41, 5.74) is 0.885. The molecule has 0 aliphatic rings. The molecule has 1 heterocycles. The zero-order chi connectivity index (χ0) is 8.55. The number of pyridine rings is 1. The van der Waals surface area contributed by atoms with Gasteiger partial charge in [0.25, 0.3) is 0 Å². The van der Waals surface area contributed by atoms with Crippen LogP contribution < -0.4 is 0 Å². The van der Waals surface area contributed by atoms with Gasteiger partial charge in [-0.15, -0.1) is 0 Å². The third-order valence-electron chi connectivity index (χ3n) is 2.00. The van der Waals surface area contributed by atoms with Crippen LogP contribution in [-0.4, -0.2) is 10.1 Å². The van der Waals surface area contributed by atoms with Crippen molar-refractivity contribution in [3.8, 4) is 5.75 Å². The molecule has 12 heavy (non-hydrogen) atoms. The molecule has 1 aromatic heterocycles. The van der Waals surface area contributed by atoms with Crippen molar-refractivity contribution in [1.29, 1.82) is 0 Å². The molecule has 1 N–H and O–H groups in total. The van der Waals surface area contributed by atoms with Crippen LogP contribution in [0.15, 0.2) is 30.6 Å². The first-order valence-electron chi connectivity index (χ1n) is 3.81. The Bertz CT molecular complexity index is 423. The molecule has 0 aliphatic heterocycles. The summed E-state index contributed by atoms with van der Waals surface area (Å²) in [7, 11) is 0. The van der Waals surface area contributed by atoms with Crippen molar-refractivity contribution in [1.82, 2.24) is 4.98 Å². The minimum absolute atomic E-state index is 0.334. The smallest absolute Gasteiger partial charge is 0.127 e. The first kappa shape index (κ1) is 7.10. The molecule has 0 unspecified atom stereocenters. The quantitative estimate of drug-likeness (QED) is 0.639. The van der Waals surface area contributed by atoms with Crippen LogP contribution in [0.5, 0.6) is 5.75 Å². The van der Waals surface area contributed by atoms with E-state index < -0.39 is 0 Å². The summed E-state index contributed by atoms with van der Waals surface area (Å²) in [5.74, 6) is 0.334. The van der Waals surface area contributed by atoms with E-state index in [0.29, 0.717) is 5.75 Å². The van der Waals surface area contributed by atoms with E-state index in [2.05, 4.69) is 4.98 Å².